The molecule has 0 spiro atoms. The average molecular weight is 311 g/mol. The largest absolute Gasteiger partial charge is 0.392 e. The first-order chi connectivity index (χ1) is 10.6. The van der Waals surface area contributed by atoms with Crippen molar-refractivity contribution in [3.63, 3.8) is 0 Å². The summed E-state index contributed by atoms with van der Waals surface area (Å²) in [4.78, 5) is 17.0. The van der Waals surface area contributed by atoms with Crippen molar-refractivity contribution in [2.75, 3.05) is 32.7 Å². The lowest BCUT2D eigenvalue weighted by atomic mass is 10.1. The molecule has 2 fully saturated rings. The van der Waals surface area contributed by atoms with Gasteiger partial charge in [0, 0.05) is 38.8 Å². The molecule has 22 heavy (non-hydrogen) atoms. The first-order valence-corrected chi connectivity index (χ1v) is 9.01. The molecule has 2 rings (SSSR count). The predicted octanol–water partition coefficient (Wildman–Crippen LogP) is 1.21. The molecule has 2 N–H and O–H groups in total. The van der Waals surface area contributed by atoms with Crippen molar-refractivity contribution in [1.82, 2.24) is 15.1 Å². The quantitative estimate of drug-likeness (QED) is 0.750. The van der Waals surface area contributed by atoms with Crippen LogP contribution in [0.1, 0.15) is 52.4 Å². The number of aliphatic hydroxyl groups is 1. The topological polar surface area (TPSA) is 55.8 Å². The Morgan fingerprint density at radius 1 is 1.09 bits per heavy atom. The molecule has 0 aromatic heterocycles. The summed E-state index contributed by atoms with van der Waals surface area (Å²) < 4.78 is 0. The minimum atomic E-state index is -0.275. The highest BCUT2D eigenvalue weighted by Crippen LogP contribution is 2.17. The minimum absolute atomic E-state index is 0.0445. The molecule has 2 aliphatic rings. The van der Waals surface area contributed by atoms with E-state index in [2.05, 4.69) is 15.1 Å². The number of nitrogens with zero attached hydrogens (tertiary/aromatic N) is 2. The van der Waals surface area contributed by atoms with Gasteiger partial charge in [-0.3, -0.25) is 14.6 Å². The first-order valence-electron chi connectivity index (χ1n) is 9.01. The van der Waals surface area contributed by atoms with Gasteiger partial charge in [-0.05, 0) is 26.7 Å². The standard InChI is InChI=1S/C17H33N3O2/c1-14(21)13-19-9-11-20(12-10-19)15(2)17(22)18-16-7-5-3-4-6-8-16/h14-16,21H,3-13H2,1-2H3,(H,18,22)/t14-,15+/m0/s1. The van der Waals surface area contributed by atoms with Crippen molar-refractivity contribution in [2.45, 2.75) is 70.6 Å². The van der Waals surface area contributed by atoms with Crippen LogP contribution in [0.2, 0.25) is 0 Å². The normalized spacial score (nSPS) is 25.4. The maximum Gasteiger partial charge on any atom is 0.237 e. The summed E-state index contributed by atoms with van der Waals surface area (Å²) in [6, 6.07) is 0.339. The molecule has 2 atom stereocenters. The third kappa shape index (κ3) is 5.52. The Hall–Kier alpha value is -0.650. The van der Waals surface area contributed by atoms with Crippen molar-refractivity contribution in [1.29, 1.82) is 0 Å². The Morgan fingerprint density at radius 2 is 1.68 bits per heavy atom. The van der Waals surface area contributed by atoms with Crippen molar-refractivity contribution in [3.8, 4) is 0 Å². The Kier molecular flexibility index (Phi) is 7.12. The number of rotatable bonds is 5. The molecular weight excluding hydrogens is 278 g/mol. The SMILES string of the molecule is C[C@H](O)CN1CCN([C@H](C)C(=O)NC2CCCCCC2)CC1. The predicted molar refractivity (Wildman–Crippen MR) is 88.8 cm³/mol. The van der Waals surface area contributed by atoms with Crippen LogP contribution in [0.25, 0.3) is 0 Å². The maximum atomic E-state index is 12.5. The summed E-state index contributed by atoms with van der Waals surface area (Å²) in [6.07, 6.45) is 7.12. The zero-order valence-corrected chi connectivity index (χ0v) is 14.3. The third-order valence-corrected chi connectivity index (χ3v) is 5.06. The summed E-state index contributed by atoms with van der Waals surface area (Å²) in [5, 5.41) is 12.7. The van der Waals surface area contributed by atoms with E-state index in [1.807, 2.05) is 13.8 Å². The number of hydrogen-bond donors (Lipinski definition) is 2. The average Bonchev–Trinajstić information content (AvgIpc) is 2.75. The van der Waals surface area contributed by atoms with Gasteiger partial charge >= 0.3 is 0 Å². The van der Waals surface area contributed by atoms with Crippen molar-refractivity contribution in [3.05, 3.63) is 0 Å². The van der Waals surface area contributed by atoms with E-state index in [4.69, 9.17) is 0 Å². The van der Waals surface area contributed by atoms with E-state index >= 15 is 0 Å². The molecule has 1 aliphatic heterocycles. The lowest BCUT2D eigenvalue weighted by Crippen LogP contribution is -2.55. The van der Waals surface area contributed by atoms with E-state index in [0.29, 0.717) is 6.04 Å². The minimum Gasteiger partial charge on any atom is -0.392 e. The molecule has 1 saturated heterocycles. The van der Waals surface area contributed by atoms with Crippen molar-refractivity contribution < 1.29 is 9.90 Å². The van der Waals surface area contributed by atoms with Gasteiger partial charge in [0.2, 0.25) is 5.91 Å². The lowest BCUT2D eigenvalue weighted by Gasteiger charge is -2.38. The Balaban J connectivity index is 1.74. The Labute approximate surface area is 135 Å². The number of hydrogen-bond acceptors (Lipinski definition) is 4. The van der Waals surface area contributed by atoms with Crippen LogP contribution in [-0.4, -0.2) is 71.7 Å². The second-order valence-electron chi connectivity index (χ2n) is 7.06. The lowest BCUT2D eigenvalue weighted by molar-refractivity contribution is -0.127. The fourth-order valence-corrected chi connectivity index (χ4v) is 3.62. The number of piperazine rings is 1. The fraction of sp³-hybridized carbons (Fsp3) is 0.941. The highest BCUT2D eigenvalue weighted by Gasteiger charge is 2.27. The molecule has 0 unspecified atom stereocenters. The van der Waals surface area contributed by atoms with Gasteiger partial charge in [0.1, 0.15) is 0 Å². The van der Waals surface area contributed by atoms with Crippen LogP contribution in [0.15, 0.2) is 0 Å². The van der Waals surface area contributed by atoms with Crippen molar-refractivity contribution >= 4 is 5.91 Å². The number of aliphatic hydroxyl groups excluding tert-OH is 1. The van der Waals surface area contributed by atoms with Gasteiger partial charge < -0.3 is 10.4 Å². The van der Waals surface area contributed by atoms with E-state index in [9.17, 15) is 9.90 Å². The summed E-state index contributed by atoms with van der Waals surface area (Å²) in [5.41, 5.74) is 0. The highest BCUT2D eigenvalue weighted by atomic mass is 16.3. The van der Waals surface area contributed by atoms with Gasteiger partial charge in [-0.15, -0.1) is 0 Å². The van der Waals surface area contributed by atoms with Gasteiger partial charge in [-0.25, -0.2) is 0 Å². The van der Waals surface area contributed by atoms with Crippen LogP contribution in [0.3, 0.4) is 0 Å². The number of carbonyl (C=O) groups is 1. The Bertz CT molecular complexity index is 333. The zero-order valence-electron chi connectivity index (χ0n) is 14.3. The smallest absolute Gasteiger partial charge is 0.237 e. The molecule has 5 nitrogen and oxygen atoms in total. The van der Waals surface area contributed by atoms with Crippen LogP contribution in [0.5, 0.6) is 0 Å². The number of amides is 1. The molecule has 128 valence electrons. The molecule has 5 heteroatoms. The summed E-state index contributed by atoms with van der Waals surface area (Å²) in [6.45, 7) is 8.28. The summed E-state index contributed by atoms with van der Waals surface area (Å²) in [5.74, 6) is 0.191. The number of β-amino-alcohol motifs (C(OH)–C–C–N with tert-alkyl or cyclic N) is 1. The molecule has 0 aromatic rings. The highest BCUT2D eigenvalue weighted by molar-refractivity contribution is 5.81. The third-order valence-electron chi connectivity index (χ3n) is 5.06. The van der Waals surface area contributed by atoms with Crippen LogP contribution >= 0.6 is 0 Å². The monoisotopic (exact) mass is 311 g/mol. The number of nitrogens with one attached hydrogen (secondary N) is 1. The summed E-state index contributed by atoms with van der Waals surface area (Å²) in [7, 11) is 0. The van der Waals surface area contributed by atoms with E-state index in [1.165, 1.54) is 25.7 Å². The second kappa shape index (κ2) is 8.85. The summed E-state index contributed by atoms with van der Waals surface area (Å²) >= 11 is 0. The Morgan fingerprint density at radius 3 is 2.23 bits per heavy atom. The van der Waals surface area contributed by atoms with Gasteiger partial charge in [-0.1, -0.05) is 25.7 Å². The van der Waals surface area contributed by atoms with Crippen LogP contribution in [0.4, 0.5) is 0 Å². The van der Waals surface area contributed by atoms with E-state index < -0.39 is 0 Å². The molecule has 0 radical (unpaired) electrons. The van der Waals surface area contributed by atoms with Crippen molar-refractivity contribution in [2.24, 2.45) is 0 Å². The maximum absolute atomic E-state index is 12.5. The molecule has 1 heterocycles. The van der Waals surface area contributed by atoms with Crippen LogP contribution in [-0.2, 0) is 4.79 Å². The zero-order chi connectivity index (χ0) is 15.9. The number of carbonyl (C=O) groups excluding carboxylic acids is 1. The molecule has 1 saturated carbocycles. The molecule has 1 amide bonds. The van der Waals surface area contributed by atoms with Gasteiger partial charge in [0.05, 0.1) is 12.1 Å². The molecular formula is C17H33N3O2. The van der Waals surface area contributed by atoms with E-state index in [0.717, 1.165) is 45.6 Å². The molecule has 1 aliphatic carbocycles. The van der Waals surface area contributed by atoms with Gasteiger partial charge in [0.25, 0.3) is 0 Å². The van der Waals surface area contributed by atoms with E-state index in [1.54, 1.807) is 0 Å². The van der Waals surface area contributed by atoms with E-state index in [-0.39, 0.29) is 18.1 Å². The van der Waals surface area contributed by atoms with Crippen LogP contribution in [0, 0.1) is 0 Å². The second-order valence-corrected chi connectivity index (χ2v) is 7.06. The molecule has 0 aromatic carbocycles. The van der Waals surface area contributed by atoms with Gasteiger partial charge in [0.15, 0.2) is 0 Å². The molecule has 0 bridgehead atoms. The first kappa shape index (κ1) is 17.7. The van der Waals surface area contributed by atoms with Crippen LogP contribution < -0.4 is 5.32 Å². The fourth-order valence-electron chi connectivity index (χ4n) is 3.62. The van der Waals surface area contributed by atoms with Gasteiger partial charge in [-0.2, -0.15) is 0 Å².